The summed E-state index contributed by atoms with van der Waals surface area (Å²) < 4.78 is 6.05. The Balaban J connectivity index is 1.39. The van der Waals surface area contributed by atoms with Crippen LogP contribution in [0.25, 0.3) is 0 Å². The number of nitrogens with one attached hydrogen (secondary N) is 1. The fourth-order valence-corrected chi connectivity index (χ4v) is 4.82. The monoisotopic (exact) mass is 313 g/mol. The van der Waals surface area contributed by atoms with Gasteiger partial charge in [0.2, 0.25) is 0 Å². The van der Waals surface area contributed by atoms with Crippen molar-refractivity contribution < 1.29 is 9.53 Å². The summed E-state index contributed by atoms with van der Waals surface area (Å²) in [5.74, 6) is 2.53. The molecule has 23 heavy (non-hydrogen) atoms. The lowest BCUT2D eigenvalue weighted by molar-refractivity contribution is -0.128. The fraction of sp³-hybridized carbons (Fsp3) is 0.650. The zero-order valence-electron chi connectivity index (χ0n) is 14.0. The Morgan fingerprint density at radius 3 is 2.87 bits per heavy atom. The number of carbonyl (C=O) groups excluding carboxylic acids is 1. The van der Waals surface area contributed by atoms with Crippen molar-refractivity contribution in [2.24, 2.45) is 11.8 Å². The molecule has 0 saturated heterocycles. The summed E-state index contributed by atoms with van der Waals surface area (Å²) in [5.41, 5.74) is 2.72. The van der Waals surface area contributed by atoms with Gasteiger partial charge in [-0.25, -0.2) is 0 Å². The van der Waals surface area contributed by atoms with E-state index in [1.165, 1.54) is 49.7 Å². The number of hydrogen-bond acceptors (Lipinski definition) is 2. The molecule has 3 heteroatoms. The first-order valence-corrected chi connectivity index (χ1v) is 9.28. The van der Waals surface area contributed by atoms with Crippen molar-refractivity contribution in [3.63, 3.8) is 0 Å². The third kappa shape index (κ3) is 2.98. The van der Waals surface area contributed by atoms with Gasteiger partial charge in [0.25, 0.3) is 5.91 Å². The van der Waals surface area contributed by atoms with Crippen LogP contribution in [0.2, 0.25) is 0 Å². The number of fused-ring (bicyclic) bond motifs is 3. The summed E-state index contributed by atoms with van der Waals surface area (Å²) in [5, 5.41) is 3.25. The summed E-state index contributed by atoms with van der Waals surface area (Å²) >= 11 is 0. The second kappa shape index (κ2) is 6.18. The highest BCUT2D eigenvalue weighted by atomic mass is 16.5. The molecular weight excluding hydrogens is 286 g/mol. The van der Waals surface area contributed by atoms with Gasteiger partial charge >= 0.3 is 0 Å². The molecule has 3 aliphatic carbocycles. The molecule has 3 nitrogen and oxygen atoms in total. The minimum Gasteiger partial charge on any atom is -0.481 e. The molecule has 4 atom stereocenters. The maximum absolute atomic E-state index is 12.5. The molecule has 0 heterocycles. The Morgan fingerprint density at radius 1 is 1.22 bits per heavy atom. The zero-order valence-corrected chi connectivity index (χ0v) is 14.0. The average Bonchev–Trinajstić information content (AvgIpc) is 3.18. The lowest BCUT2D eigenvalue weighted by Gasteiger charge is -2.26. The van der Waals surface area contributed by atoms with Gasteiger partial charge in [0.15, 0.2) is 6.10 Å². The molecule has 0 spiro atoms. The molecule has 0 aromatic heterocycles. The largest absolute Gasteiger partial charge is 0.481 e. The molecule has 1 N–H and O–H groups in total. The summed E-state index contributed by atoms with van der Waals surface area (Å²) in [6, 6.07) is 6.66. The molecular formula is C20H27NO2. The topological polar surface area (TPSA) is 38.3 Å². The smallest absolute Gasteiger partial charge is 0.261 e. The van der Waals surface area contributed by atoms with Crippen LogP contribution in [0.3, 0.4) is 0 Å². The number of amides is 1. The van der Waals surface area contributed by atoms with E-state index in [9.17, 15) is 4.79 Å². The molecule has 0 unspecified atom stereocenters. The van der Waals surface area contributed by atoms with E-state index in [1.807, 2.05) is 13.0 Å². The predicted octanol–water partition coefficient (Wildman–Crippen LogP) is 3.64. The Morgan fingerprint density at radius 2 is 2.09 bits per heavy atom. The van der Waals surface area contributed by atoms with Crippen LogP contribution >= 0.6 is 0 Å². The second-order valence-electron chi connectivity index (χ2n) is 7.65. The minimum absolute atomic E-state index is 0.0518. The highest BCUT2D eigenvalue weighted by Gasteiger charge is 2.40. The average molecular weight is 313 g/mol. The first kappa shape index (κ1) is 15.0. The fourth-order valence-electron chi connectivity index (χ4n) is 4.82. The Bertz CT molecular complexity index is 597. The molecule has 2 saturated carbocycles. The van der Waals surface area contributed by atoms with Crippen molar-refractivity contribution >= 4 is 5.91 Å². The molecule has 1 amide bonds. The predicted molar refractivity (Wildman–Crippen MR) is 90.6 cm³/mol. The van der Waals surface area contributed by atoms with E-state index < -0.39 is 6.10 Å². The second-order valence-corrected chi connectivity index (χ2v) is 7.65. The molecule has 2 fully saturated rings. The zero-order chi connectivity index (χ0) is 15.8. The van der Waals surface area contributed by atoms with Crippen LogP contribution in [0.4, 0.5) is 0 Å². The van der Waals surface area contributed by atoms with Gasteiger partial charge in [-0.15, -0.1) is 0 Å². The molecule has 4 rings (SSSR count). The first-order valence-electron chi connectivity index (χ1n) is 9.28. The van der Waals surface area contributed by atoms with E-state index in [0.717, 1.165) is 24.5 Å². The molecule has 1 aromatic carbocycles. The van der Waals surface area contributed by atoms with Crippen LogP contribution in [0, 0.1) is 11.8 Å². The number of benzene rings is 1. The van der Waals surface area contributed by atoms with Gasteiger partial charge in [0.1, 0.15) is 5.75 Å². The SMILES string of the molecule is C[C@H](Oc1cccc2c1CCCC2)C(=O)N[C@H]1C[C@H]2CC[C@H]1C2. The third-order valence-electron chi connectivity index (χ3n) is 6.09. The van der Waals surface area contributed by atoms with E-state index in [0.29, 0.717) is 12.0 Å². The van der Waals surface area contributed by atoms with Crippen LogP contribution in [0.1, 0.15) is 56.6 Å². The van der Waals surface area contributed by atoms with Crippen molar-refractivity contribution in [3.05, 3.63) is 29.3 Å². The van der Waals surface area contributed by atoms with Gasteiger partial charge in [0.05, 0.1) is 0 Å². The van der Waals surface area contributed by atoms with E-state index in [-0.39, 0.29) is 5.91 Å². The minimum atomic E-state index is -0.414. The maximum Gasteiger partial charge on any atom is 0.261 e. The number of hydrogen-bond donors (Lipinski definition) is 1. The van der Waals surface area contributed by atoms with Crippen molar-refractivity contribution in [1.29, 1.82) is 0 Å². The van der Waals surface area contributed by atoms with Gasteiger partial charge in [-0.3, -0.25) is 4.79 Å². The van der Waals surface area contributed by atoms with Crippen LogP contribution in [-0.2, 0) is 17.6 Å². The van der Waals surface area contributed by atoms with Gasteiger partial charge in [-0.05, 0) is 80.9 Å². The molecule has 0 aliphatic heterocycles. The Kier molecular flexibility index (Phi) is 4.04. The highest BCUT2D eigenvalue weighted by Crippen LogP contribution is 2.44. The van der Waals surface area contributed by atoms with E-state index in [1.54, 1.807) is 0 Å². The Labute approximate surface area is 138 Å². The summed E-state index contributed by atoms with van der Waals surface area (Å²) in [7, 11) is 0. The summed E-state index contributed by atoms with van der Waals surface area (Å²) in [6.45, 7) is 1.88. The standard InChI is InChI=1S/C20H27NO2/c1-13(20(22)21-18-12-14-9-10-16(18)11-14)23-19-8-4-6-15-5-2-3-7-17(15)19/h4,6,8,13-14,16,18H,2-3,5,7,9-12H2,1H3,(H,21,22)/t13-,14-,16-,18-/m0/s1. The molecule has 2 bridgehead atoms. The van der Waals surface area contributed by atoms with E-state index in [2.05, 4.69) is 17.4 Å². The Hall–Kier alpha value is -1.51. The summed E-state index contributed by atoms with van der Waals surface area (Å²) in [4.78, 5) is 12.5. The number of rotatable bonds is 4. The van der Waals surface area contributed by atoms with Crippen molar-refractivity contribution in [1.82, 2.24) is 5.32 Å². The van der Waals surface area contributed by atoms with Crippen molar-refractivity contribution in [2.45, 2.75) is 70.4 Å². The molecule has 0 radical (unpaired) electrons. The van der Waals surface area contributed by atoms with Crippen LogP contribution in [-0.4, -0.2) is 18.1 Å². The van der Waals surface area contributed by atoms with Crippen LogP contribution in [0.15, 0.2) is 18.2 Å². The highest BCUT2D eigenvalue weighted by molar-refractivity contribution is 5.81. The lowest BCUT2D eigenvalue weighted by atomic mass is 9.91. The third-order valence-corrected chi connectivity index (χ3v) is 6.09. The van der Waals surface area contributed by atoms with Gasteiger partial charge in [0, 0.05) is 6.04 Å². The van der Waals surface area contributed by atoms with Gasteiger partial charge < -0.3 is 10.1 Å². The maximum atomic E-state index is 12.5. The molecule has 124 valence electrons. The van der Waals surface area contributed by atoms with Crippen LogP contribution in [0.5, 0.6) is 5.75 Å². The normalized spacial score (nSPS) is 29.9. The quantitative estimate of drug-likeness (QED) is 0.921. The van der Waals surface area contributed by atoms with Gasteiger partial charge in [-0.1, -0.05) is 18.6 Å². The van der Waals surface area contributed by atoms with Crippen LogP contribution < -0.4 is 10.1 Å². The number of carbonyl (C=O) groups is 1. The van der Waals surface area contributed by atoms with E-state index in [4.69, 9.17) is 4.74 Å². The lowest BCUT2D eigenvalue weighted by Crippen LogP contribution is -2.44. The van der Waals surface area contributed by atoms with Gasteiger partial charge in [-0.2, -0.15) is 0 Å². The number of ether oxygens (including phenoxy) is 1. The van der Waals surface area contributed by atoms with E-state index >= 15 is 0 Å². The van der Waals surface area contributed by atoms with Crippen molar-refractivity contribution in [2.75, 3.05) is 0 Å². The van der Waals surface area contributed by atoms with Crippen molar-refractivity contribution in [3.8, 4) is 5.75 Å². The molecule has 1 aromatic rings. The molecule has 3 aliphatic rings. The first-order chi connectivity index (χ1) is 11.2. The summed E-state index contributed by atoms with van der Waals surface area (Å²) in [6.07, 6.45) is 9.41. The number of aryl methyl sites for hydroxylation is 1.